The molecule has 0 spiro atoms. The van der Waals surface area contributed by atoms with Crippen molar-refractivity contribution in [1.29, 1.82) is 0 Å². The Morgan fingerprint density at radius 1 is 1.37 bits per heavy atom. The van der Waals surface area contributed by atoms with Crippen LogP contribution in [0.15, 0.2) is 18.2 Å². The number of nitrogens with one attached hydrogen (secondary N) is 1. The van der Waals surface area contributed by atoms with E-state index in [9.17, 15) is 5.11 Å². The maximum Gasteiger partial charge on any atom is 0.138 e. The van der Waals surface area contributed by atoms with E-state index in [0.29, 0.717) is 11.6 Å². The molecule has 2 N–H and O–H groups in total. The van der Waals surface area contributed by atoms with E-state index in [2.05, 4.69) is 12.2 Å². The van der Waals surface area contributed by atoms with Gasteiger partial charge in [0.1, 0.15) is 5.75 Å². The van der Waals surface area contributed by atoms with Gasteiger partial charge in [-0.3, -0.25) is 0 Å². The van der Waals surface area contributed by atoms with Gasteiger partial charge >= 0.3 is 0 Å². The molecule has 0 heterocycles. The summed E-state index contributed by atoms with van der Waals surface area (Å²) in [6, 6.07) is 5.50. The van der Waals surface area contributed by atoms with Crippen molar-refractivity contribution in [1.82, 2.24) is 5.32 Å². The number of para-hydroxylation sites is 1. The Kier molecular flexibility index (Phi) is 5.53. The van der Waals surface area contributed by atoms with Crippen LogP contribution in [0.2, 0.25) is 5.02 Å². The fraction of sp³-hybridized carbons (Fsp3) is 0.625. The summed E-state index contributed by atoms with van der Waals surface area (Å²) in [4.78, 5) is 0. The minimum absolute atomic E-state index is 0.211. The predicted octanol–water partition coefficient (Wildman–Crippen LogP) is 4.35. The molecule has 1 aromatic carbocycles. The molecule has 2 unspecified atom stereocenters. The highest BCUT2D eigenvalue weighted by molar-refractivity contribution is 6.32. The highest BCUT2D eigenvalue weighted by Crippen LogP contribution is 2.30. The topological polar surface area (TPSA) is 32.3 Å². The molecule has 0 amide bonds. The second-order valence-electron chi connectivity index (χ2n) is 5.85. The molecule has 0 saturated heterocycles. The summed E-state index contributed by atoms with van der Waals surface area (Å²) < 4.78 is 0. The first-order chi connectivity index (χ1) is 9.16. The van der Waals surface area contributed by atoms with Crippen LogP contribution in [-0.2, 0) is 6.54 Å². The van der Waals surface area contributed by atoms with E-state index < -0.39 is 0 Å². The Labute approximate surface area is 121 Å². The summed E-state index contributed by atoms with van der Waals surface area (Å²) in [5, 5.41) is 13.7. The molecule has 1 aromatic rings. The SMILES string of the molecule is CC1CCCC(CCNCc2cccc(Cl)c2O)C1. The average molecular weight is 282 g/mol. The number of rotatable bonds is 5. The van der Waals surface area contributed by atoms with Crippen LogP contribution in [-0.4, -0.2) is 11.7 Å². The molecule has 2 atom stereocenters. The van der Waals surface area contributed by atoms with Gasteiger partial charge in [0.2, 0.25) is 0 Å². The lowest BCUT2D eigenvalue weighted by atomic mass is 9.81. The van der Waals surface area contributed by atoms with Gasteiger partial charge in [0.15, 0.2) is 0 Å². The van der Waals surface area contributed by atoms with Gasteiger partial charge in [-0.15, -0.1) is 0 Å². The lowest BCUT2D eigenvalue weighted by molar-refractivity contribution is 0.267. The van der Waals surface area contributed by atoms with Crippen LogP contribution in [0, 0.1) is 11.8 Å². The van der Waals surface area contributed by atoms with E-state index in [1.807, 2.05) is 12.1 Å². The van der Waals surface area contributed by atoms with Gasteiger partial charge in [0, 0.05) is 12.1 Å². The van der Waals surface area contributed by atoms with E-state index in [0.717, 1.165) is 23.9 Å². The van der Waals surface area contributed by atoms with Gasteiger partial charge in [0.25, 0.3) is 0 Å². The Morgan fingerprint density at radius 3 is 3.00 bits per heavy atom. The molecule has 106 valence electrons. The lowest BCUT2D eigenvalue weighted by Crippen LogP contribution is -2.21. The number of aromatic hydroxyl groups is 1. The van der Waals surface area contributed by atoms with Crippen LogP contribution in [0.4, 0.5) is 0 Å². The summed E-state index contributed by atoms with van der Waals surface area (Å²) in [6.07, 6.45) is 6.80. The van der Waals surface area contributed by atoms with Crippen LogP contribution in [0.5, 0.6) is 5.75 Å². The summed E-state index contributed by atoms with van der Waals surface area (Å²) in [5.74, 6) is 1.99. The minimum Gasteiger partial charge on any atom is -0.506 e. The lowest BCUT2D eigenvalue weighted by Gasteiger charge is -2.26. The molecule has 1 aliphatic carbocycles. The Hall–Kier alpha value is -0.730. The number of halogens is 1. The van der Waals surface area contributed by atoms with Crippen molar-refractivity contribution in [2.24, 2.45) is 11.8 Å². The molecular formula is C16H24ClNO. The van der Waals surface area contributed by atoms with Gasteiger partial charge in [-0.2, -0.15) is 0 Å². The standard InChI is InChI=1S/C16H24ClNO/c1-12-4-2-5-13(10-12)8-9-18-11-14-6-3-7-15(17)16(14)19/h3,6-7,12-13,18-19H,2,4-5,8-11H2,1H3. The normalized spacial score (nSPS) is 23.5. The zero-order valence-corrected chi connectivity index (χ0v) is 12.4. The molecule has 19 heavy (non-hydrogen) atoms. The third kappa shape index (κ3) is 4.39. The van der Waals surface area contributed by atoms with Gasteiger partial charge in [0.05, 0.1) is 5.02 Å². The molecule has 2 rings (SSSR count). The molecule has 0 aliphatic heterocycles. The van der Waals surface area contributed by atoms with Gasteiger partial charge < -0.3 is 10.4 Å². The van der Waals surface area contributed by atoms with Gasteiger partial charge in [-0.25, -0.2) is 0 Å². The minimum atomic E-state index is 0.211. The molecule has 0 bridgehead atoms. The Morgan fingerprint density at radius 2 is 2.21 bits per heavy atom. The first-order valence-electron chi connectivity index (χ1n) is 7.34. The highest BCUT2D eigenvalue weighted by Gasteiger charge is 2.18. The summed E-state index contributed by atoms with van der Waals surface area (Å²) >= 11 is 5.89. The molecular weight excluding hydrogens is 258 g/mol. The van der Waals surface area contributed by atoms with Gasteiger partial charge in [-0.05, 0) is 37.3 Å². The largest absolute Gasteiger partial charge is 0.506 e. The number of phenols is 1. The van der Waals surface area contributed by atoms with Crippen LogP contribution in [0.25, 0.3) is 0 Å². The van der Waals surface area contributed by atoms with E-state index in [4.69, 9.17) is 11.6 Å². The third-order valence-corrected chi connectivity index (χ3v) is 4.47. The Balaban J connectivity index is 1.70. The number of hydrogen-bond acceptors (Lipinski definition) is 2. The fourth-order valence-corrected chi connectivity index (χ4v) is 3.25. The number of hydrogen-bond donors (Lipinski definition) is 2. The van der Waals surface area contributed by atoms with Crippen molar-refractivity contribution >= 4 is 11.6 Å². The third-order valence-electron chi connectivity index (χ3n) is 4.16. The van der Waals surface area contributed by atoms with Crippen molar-refractivity contribution in [2.45, 2.75) is 45.6 Å². The first-order valence-corrected chi connectivity index (χ1v) is 7.71. The van der Waals surface area contributed by atoms with Crippen LogP contribution < -0.4 is 5.32 Å². The molecule has 1 fully saturated rings. The van der Waals surface area contributed by atoms with Crippen molar-refractivity contribution in [3.8, 4) is 5.75 Å². The van der Waals surface area contributed by atoms with Crippen molar-refractivity contribution in [3.63, 3.8) is 0 Å². The number of phenolic OH excluding ortho intramolecular Hbond substituents is 1. The molecule has 1 saturated carbocycles. The zero-order chi connectivity index (χ0) is 13.7. The molecule has 0 radical (unpaired) electrons. The quantitative estimate of drug-likeness (QED) is 0.787. The van der Waals surface area contributed by atoms with Crippen molar-refractivity contribution < 1.29 is 5.11 Å². The molecule has 0 aromatic heterocycles. The predicted molar refractivity (Wildman–Crippen MR) is 80.6 cm³/mol. The highest BCUT2D eigenvalue weighted by atomic mass is 35.5. The molecule has 3 heteroatoms. The molecule has 1 aliphatic rings. The van der Waals surface area contributed by atoms with Gasteiger partial charge in [-0.1, -0.05) is 49.9 Å². The monoisotopic (exact) mass is 281 g/mol. The van der Waals surface area contributed by atoms with E-state index in [-0.39, 0.29) is 5.75 Å². The fourth-order valence-electron chi connectivity index (χ4n) is 3.05. The molecule has 2 nitrogen and oxygen atoms in total. The maximum absolute atomic E-state index is 9.81. The second-order valence-corrected chi connectivity index (χ2v) is 6.26. The van der Waals surface area contributed by atoms with Crippen LogP contribution in [0.1, 0.15) is 44.6 Å². The summed E-state index contributed by atoms with van der Waals surface area (Å²) in [5.41, 5.74) is 0.879. The van der Waals surface area contributed by atoms with E-state index in [1.165, 1.54) is 32.1 Å². The second kappa shape index (κ2) is 7.16. The average Bonchev–Trinajstić information content (AvgIpc) is 2.39. The summed E-state index contributed by atoms with van der Waals surface area (Å²) in [7, 11) is 0. The van der Waals surface area contributed by atoms with E-state index >= 15 is 0 Å². The van der Waals surface area contributed by atoms with E-state index in [1.54, 1.807) is 6.07 Å². The number of benzene rings is 1. The first kappa shape index (κ1) is 14.7. The maximum atomic E-state index is 9.81. The summed E-state index contributed by atoms with van der Waals surface area (Å²) in [6.45, 7) is 4.07. The zero-order valence-electron chi connectivity index (χ0n) is 11.7. The van der Waals surface area contributed by atoms with Crippen LogP contribution >= 0.6 is 11.6 Å². The smallest absolute Gasteiger partial charge is 0.138 e. The van der Waals surface area contributed by atoms with Crippen molar-refractivity contribution in [3.05, 3.63) is 28.8 Å². The van der Waals surface area contributed by atoms with Crippen LogP contribution in [0.3, 0.4) is 0 Å². The van der Waals surface area contributed by atoms with Crippen molar-refractivity contribution in [2.75, 3.05) is 6.54 Å². The Bertz CT molecular complexity index is 408.